The Labute approximate surface area is 116 Å². The van der Waals surface area contributed by atoms with Crippen LogP contribution in [-0.4, -0.2) is 16.5 Å². The van der Waals surface area contributed by atoms with Crippen molar-refractivity contribution in [2.45, 2.75) is 39.2 Å². The zero-order valence-corrected chi connectivity index (χ0v) is 12.2. The van der Waals surface area contributed by atoms with E-state index in [0.717, 1.165) is 15.2 Å². The number of para-hydroxylation sites is 1. The number of rotatable bonds is 4. The summed E-state index contributed by atoms with van der Waals surface area (Å²) in [5.74, 6) is -0.116. The van der Waals surface area contributed by atoms with Crippen molar-refractivity contribution in [3.05, 3.63) is 29.3 Å². The average molecular weight is 278 g/mol. The van der Waals surface area contributed by atoms with E-state index in [2.05, 4.69) is 10.5 Å². The number of thiazole rings is 1. The molecule has 0 saturated carbocycles. The maximum atomic E-state index is 11.6. The molecule has 0 saturated heterocycles. The summed E-state index contributed by atoms with van der Waals surface area (Å²) < 4.78 is 1.16. The van der Waals surface area contributed by atoms with Crippen LogP contribution in [-0.2, 0) is 16.1 Å². The van der Waals surface area contributed by atoms with E-state index in [9.17, 15) is 4.79 Å². The van der Waals surface area contributed by atoms with Crippen LogP contribution in [0.4, 0.5) is 0 Å². The number of nitrogens with zero attached hydrogens (tertiary/aromatic N) is 1. The third-order valence-electron chi connectivity index (χ3n) is 2.38. The predicted molar refractivity (Wildman–Crippen MR) is 76.9 cm³/mol. The summed E-state index contributed by atoms with van der Waals surface area (Å²) in [6.07, 6.45) is 1.02. The zero-order chi connectivity index (χ0) is 13.9. The maximum Gasteiger partial charge on any atom is 0.243 e. The molecule has 19 heavy (non-hydrogen) atoms. The summed E-state index contributed by atoms with van der Waals surface area (Å²) in [4.78, 5) is 21.3. The monoisotopic (exact) mass is 278 g/mol. The van der Waals surface area contributed by atoms with Gasteiger partial charge in [-0.3, -0.25) is 9.63 Å². The van der Waals surface area contributed by atoms with Crippen LogP contribution in [0.25, 0.3) is 10.2 Å². The Balaban J connectivity index is 1.86. The highest BCUT2D eigenvalue weighted by Crippen LogP contribution is 2.22. The number of hydroxylamine groups is 1. The van der Waals surface area contributed by atoms with Crippen molar-refractivity contribution in [2.75, 3.05) is 0 Å². The van der Waals surface area contributed by atoms with Crippen molar-refractivity contribution in [1.82, 2.24) is 10.5 Å². The summed E-state index contributed by atoms with van der Waals surface area (Å²) in [5, 5.41) is 0.979. The average Bonchev–Trinajstić information content (AvgIpc) is 2.75. The fraction of sp³-hybridized carbons (Fsp3) is 0.429. The maximum absolute atomic E-state index is 11.6. The van der Waals surface area contributed by atoms with Gasteiger partial charge in [0, 0.05) is 12.8 Å². The Morgan fingerprint density at radius 1 is 1.37 bits per heavy atom. The van der Waals surface area contributed by atoms with Gasteiger partial charge in [0.2, 0.25) is 5.91 Å². The molecule has 1 amide bonds. The van der Waals surface area contributed by atoms with Crippen LogP contribution in [0.5, 0.6) is 0 Å². The lowest BCUT2D eigenvalue weighted by molar-refractivity contribution is -0.145. The summed E-state index contributed by atoms with van der Waals surface area (Å²) in [6.45, 7) is 5.67. The normalized spacial score (nSPS) is 11.7. The van der Waals surface area contributed by atoms with Gasteiger partial charge in [-0.15, -0.1) is 11.3 Å². The molecule has 0 radical (unpaired) electrons. The smallest absolute Gasteiger partial charge is 0.243 e. The first-order chi connectivity index (χ1) is 8.94. The molecule has 2 rings (SSSR count). The van der Waals surface area contributed by atoms with Crippen LogP contribution in [0.15, 0.2) is 24.3 Å². The quantitative estimate of drug-likeness (QED) is 0.874. The van der Waals surface area contributed by atoms with Crippen LogP contribution in [0.2, 0.25) is 0 Å². The van der Waals surface area contributed by atoms with Gasteiger partial charge in [-0.2, -0.15) is 0 Å². The van der Waals surface area contributed by atoms with E-state index < -0.39 is 0 Å². The van der Waals surface area contributed by atoms with Gasteiger partial charge in [0.15, 0.2) is 0 Å². The largest absolute Gasteiger partial charge is 0.273 e. The number of hydrogen-bond acceptors (Lipinski definition) is 4. The lowest BCUT2D eigenvalue weighted by atomic mass is 10.2. The molecule has 1 aromatic carbocycles. The molecule has 0 spiro atoms. The van der Waals surface area contributed by atoms with Crippen molar-refractivity contribution < 1.29 is 9.63 Å². The summed E-state index contributed by atoms with van der Waals surface area (Å²) in [7, 11) is 0. The number of carbonyl (C=O) groups is 1. The molecular weight excluding hydrogens is 260 g/mol. The minimum atomic E-state index is -0.370. The predicted octanol–water partition coefficient (Wildman–Crippen LogP) is 3.08. The van der Waals surface area contributed by atoms with E-state index in [1.54, 1.807) is 11.3 Å². The number of amides is 1. The molecule has 0 aliphatic carbocycles. The minimum Gasteiger partial charge on any atom is -0.273 e. The van der Waals surface area contributed by atoms with Gasteiger partial charge >= 0.3 is 0 Å². The topological polar surface area (TPSA) is 51.2 Å². The highest BCUT2D eigenvalue weighted by atomic mass is 32.1. The Morgan fingerprint density at radius 3 is 2.79 bits per heavy atom. The number of aromatic nitrogens is 1. The van der Waals surface area contributed by atoms with Crippen LogP contribution in [0.3, 0.4) is 0 Å². The molecular formula is C14H18N2O2S. The standard InChI is InChI=1S/C14H18N2O2S/c1-14(2,3)18-16-12(17)8-9-13-15-10-6-4-5-7-11(10)19-13/h4-7H,8-9H2,1-3H3,(H,16,17). The number of hydrogen-bond donors (Lipinski definition) is 1. The molecule has 2 aromatic rings. The zero-order valence-electron chi connectivity index (χ0n) is 11.4. The van der Waals surface area contributed by atoms with Gasteiger partial charge in [-0.1, -0.05) is 12.1 Å². The number of aryl methyl sites for hydroxylation is 1. The summed E-state index contributed by atoms with van der Waals surface area (Å²) >= 11 is 1.63. The molecule has 0 unspecified atom stereocenters. The highest BCUT2D eigenvalue weighted by Gasteiger charge is 2.13. The van der Waals surface area contributed by atoms with Gasteiger partial charge in [0.25, 0.3) is 0 Å². The van der Waals surface area contributed by atoms with E-state index in [0.29, 0.717) is 12.8 Å². The molecule has 5 heteroatoms. The molecule has 0 atom stereocenters. The van der Waals surface area contributed by atoms with E-state index in [1.165, 1.54) is 0 Å². The molecule has 1 N–H and O–H groups in total. The SMILES string of the molecule is CC(C)(C)ONC(=O)CCc1nc2ccccc2s1. The van der Waals surface area contributed by atoms with Gasteiger partial charge in [-0.25, -0.2) is 10.5 Å². The Bertz CT molecular complexity index is 539. The van der Waals surface area contributed by atoms with Crippen LogP contribution < -0.4 is 5.48 Å². The van der Waals surface area contributed by atoms with Crippen LogP contribution >= 0.6 is 11.3 Å². The molecule has 0 bridgehead atoms. The molecule has 0 aliphatic heterocycles. The van der Waals surface area contributed by atoms with Crippen molar-refractivity contribution in [3.63, 3.8) is 0 Å². The first-order valence-electron chi connectivity index (χ1n) is 6.25. The van der Waals surface area contributed by atoms with E-state index in [1.807, 2.05) is 45.0 Å². The first-order valence-corrected chi connectivity index (χ1v) is 7.07. The molecule has 4 nitrogen and oxygen atoms in total. The second-order valence-electron chi connectivity index (χ2n) is 5.32. The number of benzene rings is 1. The van der Waals surface area contributed by atoms with Gasteiger partial charge in [0.05, 0.1) is 20.8 Å². The molecule has 1 heterocycles. The third kappa shape index (κ3) is 4.29. The van der Waals surface area contributed by atoms with Gasteiger partial charge < -0.3 is 0 Å². The minimum absolute atomic E-state index is 0.116. The van der Waals surface area contributed by atoms with E-state index in [4.69, 9.17) is 4.84 Å². The van der Waals surface area contributed by atoms with Crippen molar-refractivity contribution >= 4 is 27.5 Å². The Hall–Kier alpha value is -1.46. The molecule has 1 aromatic heterocycles. The fourth-order valence-corrected chi connectivity index (χ4v) is 2.48. The van der Waals surface area contributed by atoms with Crippen molar-refractivity contribution in [1.29, 1.82) is 0 Å². The molecule has 0 aliphatic rings. The fourth-order valence-electron chi connectivity index (χ4n) is 1.51. The van der Waals surface area contributed by atoms with E-state index >= 15 is 0 Å². The van der Waals surface area contributed by atoms with Gasteiger partial charge in [-0.05, 0) is 32.9 Å². The molecule has 0 fully saturated rings. The van der Waals surface area contributed by atoms with Crippen molar-refractivity contribution in [3.8, 4) is 0 Å². The second-order valence-corrected chi connectivity index (χ2v) is 6.43. The highest BCUT2D eigenvalue weighted by molar-refractivity contribution is 7.18. The lowest BCUT2D eigenvalue weighted by Gasteiger charge is -2.18. The summed E-state index contributed by atoms with van der Waals surface area (Å²) in [5.41, 5.74) is 3.09. The van der Waals surface area contributed by atoms with E-state index in [-0.39, 0.29) is 11.5 Å². The van der Waals surface area contributed by atoms with Crippen LogP contribution in [0, 0.1) is 0 Å². The van der Waals surface area contributed by atoms with Crippen LogP contribution in [0.1, 0.15) is 32.2 Å². The third-order valence-corrected chi connectivity index (χ3v) is 3.47. The van der Waals surface area contributed by atoms with Gasteiger partial charge in [0.1, 0.15) is 0 Å². The lowest BCUT2D eigenvalue weighted by Crippen LogP contribution is -2.33. The van der Waals surface area contributed by atoms with Crippen molar-refractivity contribution in [2.24, 2.45) is 0 Å². The number of fused-ring (bicyclic) bond motifs is 1. The second kappa shape index (κ2) is 5.67. The molecule has 102 valence electrons. The first kappa shape index (κ1) is 14.0. The Morgan fingerprint density at radius 2 is 2.11 bits per heavy atom. The number of carbonyl (C=O) groups excluding carboxylic acids is 1. The number of nitrogens with one attached hydrogen (secondary N) is 1. The Kier molecular flexibility index (Phi) is 4.17. The summed E-state index contributed by atoms with van der Waals surface area (Å²) in [6, 6.07) is 7.99.